The molecule has 0 radical (unpaired) electrons. The zero-order valence-corrected chi connectivity index (χ0v) is 19.1. The van der Waals surface area contributed by atoms with Crippen molar-refractivity contribution in [3.63, 3.8) is 0 Å². The van der Waals surface area contributed by atoms with E-state index in [9.17, 15) is 0 Å². The lowest BCUT2D eigenvalue weighted by molar-refractivity contribution is 0.425. The summed E-state index contributed by atoms with van der Waals surface area (Å²) in [5.41, 5.74) is 7.56. The Morgan fingerprint density at radius 1 is 0.963 bits per heavy atom. The molecule has 4 nitrogen and oxygen atoms in total. The summed E-state index contributed by atoms with van der Waals surface area (Å²) in [4.78, 5) is 7.22. The van der Waals surface area contributed by atoms with Crippen LogP contribution in [0.2, 0.25) is 0 Å². The number of para-hydroxylation sites is 1. The van der Waals surface area contributed by atoms with Gasteiger partial charge in [-0.25, -0.2) is 4.98 Å². The molecule has 1 aliphatic rings. The van der Waals surface area contributed by atoms with Gasteiger partial charge in [-0.2, -0.15) is 0 Å². The fourth-order valence-electron chi connectivity index (χ4n) is 3.55. The predicted octanol–water partition coefficient (Wildman–Crippen LogP) is 4.31. The first kappa shape index (κ1) is 23.6. The highest BCUT2D eigenvalue weighted by Crippen LogP contribution is 2.39. The average molecular weight is 497 g/mol. The predicted molar refractivity (Wildman–Crippen MR) is 126 cm³/mol. The Morgan fingerprint density at radius 3 is 2.44 bits per heavy atom. The molecule has 2 aromatic carbocycles. The normalized spacial score (nSPS) is 11.5. The second-order valence-corrected chi connectivity index (χ2v) is 6.72. The van der Waals surface area contributed by atoms with Crippen LogP contribution in [0, 0.1) is 0 Å². The van der Waals surface area contributed by atoms with Gasteiger partial charge in [-0.15, -0.1) is 34.0 Å². The first-order chi connectivity index (χ1) is 11.7. The third kappa shape index (κ3) is 4.69. The van der Waals surface area contributed by atoms with Gasteiger partial charge >= 0.3 is 0 Å². The second kappa shape index (κ2) is 10.2. The molecule has 0 unspecified atom stereocenters. The van der Waals surface area contributed by atoms with E-state index >= 15 is 0 Å². The Labute approximate surface area is 181 Å². The number of nitrogens with zero attached hydrogens (tertiary/aromatic N) is 2. The van der Waals surface area contributed by atoms with E-state index in [1.807, 2.05) is 0 Å². The van der Waals surface area contributed by atoms with Crippen LogP contribution < -0.4 is 5.32 Å². The van der Waals surface area contributed by atoms with Crippen molar-refractivity contribution in [1.82, 2.24) is 9.88 Å². The number of anilines is 1. The molecule has 0 bridgehead atoms. The van der Waals surface area contributed by atoms with Crippen LogP contribution in [0.25, 0.3) is 22.2 Å². The van der Waals surface area contributed by atoms with Gasteiger partial charge < -0.3 is 15.7 Å². The fourth-order valence-corrected chi connectivity index (χ4v) is 3.55. The monoisotopic (exact) mass is 495 g/mol. The lowest BCUT2D eigenvalue weighted by Crippen LogP contribution is -2.22. The van der Waals surface area contributed by atoms with Gasteiger partial charge in [0, 0.05) is 35.3 Å². The third-order valence-corrected chi connectivity index (χ3v) is 4.77. The first-order valence-electron chi connectivity index (χ1n) is 8.62. The summed E-state index contributed by atoms with van der Waals surface area (Å²) >= 11 is 0. The highest BCUT2D eigenvalue weighted by Gasteiger charge is 2.21. The Kier molecular flexibility index (Phi) is 8.88. The maximum Gasteiger partial charge on any atom is 0.0765 e. The number of fused-ring (bicyclic) bond motifs is 4. The fraction of sp³-hybridized carbons (Fsp3) is 0.286. The van der Waals surface area contributed by atoms with Crippen molar-refractivity contribution >= 4 is 50.6 Å². The molecule has 4 rings (SSSR count). The molecular formula is C21H27Br2N3O. The van der Waals surface area contributed by atoms with Crippen LogP contribution in [0.5, 0.6) is 0 Å². The van der Waals surface area contributed by atoms with Gasteiger partial charge in [-0.3, -0.25) is 0 Å². The third-order valence-electron chi connectivity index (χ3n) is 4.77. The van der Waals surface area contributed by atoms with Gasteiger partial charge in [0.05, 0.1) is 11.2 Å². The molecule has 0 saturated carbocycles. The highest BCUT2D eigenvalue weighted by molar-refractivity contribution is 8.93. The number of nitrogens with one attached hydrogen (secondary N) is 1. The summed E-state index contributed by atoms with van der Waals surface area (Å²) < 4.78 is 0. The Hall–Kier alpha value is -1.47. The number of aryl methyl sites for hydroxylation is 1. The maximum absolute atomic E-state index is 5.01. The minimum absolute atomic E-state index is 0. The minimum atomic E-state index is 0. The van der Waals surface area contributed by atoms with Crippen molar-refractivity contribution in [2.24, 2.45) is 0 Å². The van der Waals surface area contributed by atoms with E-state index in [0.29, 0.717) is 0 Å². The standard InChI is InChI=1S/C21H23N3.2BrH.H2O/c1-24(2)14-13-22-20-17-9-5-6-10-19(17)23-21-16-8-4-3-7-15(16)11-12-18(20)21;;;/h3-10H,11-14H2,1-2H3,(H,22,23);2*1H;1H2. The number of hydrogen-bond acceptors (Lipinski definition) is 3. The zero-order chi connectivity index (χ0) is 16.5. The summed E-state index contributed by atoms with van der Waals surface area (Å²) in [5.74, 6) is 0. The van der Waals surface area contributed by atoms with Crippen LogP contribution >= 0.6 is 34.0 Å². The van der Waals surface area contributed by atoms with Gasteiger partial charge in [0.2, 0.25) is 0 Å². The van der Waals surface area contributed by atoms with Crippen LogP contribution in [0.3, 0.4) is 0 Å². The van der Waals surface area contributed by atoms with E-state index in [-0.39, 0.29) is 39.4 Å². The van der Waals surface area contributed by atoms with Crippen molar-refractivity contribution in [1.29, 1.82) is 0 Å². The van der Waals surface area contributed by atoms with Crippen molar-refractivity contribution in [2.75, 3.05) is 32.5 Å². The minimum Gasteiger partial charge on any atom is -0.412 e. The second-order valence-electron chi connectivity index (χ2n) is 6.72. The van der Waals surface area contributed by atoms with E-state index in [1.165, 1.54) is 27.8 Å². The van der Waals surface area contributed by atoms with Crippen LogP contribution in [0.15, 0.2) is 48.5 Å². The molecular weight excluding hydrogens is 470 g/mol. The molecule has 27 heavy (non-hydrogen) atoms. The number of hydrogen-bond donors (Lipinski definition) is 1. The first-order valence-corrected chi connectivity index (χ1v) is 8.62. The Bertz CT molecular complexity index is 900. The molecule has 1 aromatic heterocycles. The maximum atomic E-state index is 5.01. The smallest absolute Gasteiger partial charge is 0.0765 e. The van der Waals surface area contributed by atoms with Gasteiger partial charge in [0.15, 0.2) is 0 Å². The molecule has 0 spiro atoms. The molecule has 3 aromatic rings. The summed E-state index contributed by atoms with van der Waals surface area (Å²) in [6.07, 6.45) is 2.14. The molecule has 146 valence electrons. The average Bonchev–Trinajstić information content (AvgIpc) is 2.61. The van der Waals surface area contributed by atoms with Crippen LogP contribution in [-0.4, -0.2) is 42.5 Å². The van der Waals surface area contributed by atoms with Gasteiger partial charge in [0.25, 0.3) is 0 Å². The Balaban J connectivity index is 0.00000121. The SMILES string of the molecule is Br.Br.CN(C)CCNc1c2c(nc3ccccc13)-c1ccccc1CC2.O. The quantitative estimate of drug-likeness (QED) is 0.585. The lowest BCUT2D eigenvalue weighted by atomic mass is 9.87. The van der Waals surface area contributed by atoms with Crippen molar-refractivity contribution in [3.05, 3.63) is 59.7 Å². The van der Waals surface area contributed by atoms with Gasteiger partial charge in [-0.05, 0) is 38.6 Å². The number of benzene rings is 2. The van der Waals surface area contributed by atoms with Crippen molar-refractivity contribution in [3.8, 4) is 11.3 Å². The number of halogens is 2. The van der Waals surface area contributed by atoms with Crippen molar-refractivity contribution in [2.45, 2.75) is 12.8 Å². The molecule has 6 heteroatoms. The Morgan fingerprint density at radius 2 is 1.67 bits per heavy atom. The van der Waals surface area contributed by atoms with Crippen LogP contribution in [0.1, 0.15) is 11.1 Å². The largest absolute Gasteiger partial charge is 0.412 e. The van der Waals surface area contributed by atoms with E-state index in [0.717, 1.165) is 37.1 Å². The van der Waals surface area contributed by atoms with Gasteiger partial charge in [-0.1, -0.05) is 42.5 Å². The molecule has 0 atom stereocenters. The van der Waals surface area contributed by atoms with E-state index in [4.69, 9.17) is 4.98 Å². The molecule has 0 aliphatic heterocycles. The van der Waals surface area contributed by atoms with Gasteiger partial charge in [0.1, 0.15) is 0 Å². The summed E-state index contributed by atoms with van der Waals surface area (Å²) in [6, 6.07) is 17.1. The molecule has 0 saturated heterocycles. The number of pyridine rings is 1. The highest BCUT2D eigenvalue weighted by atomic mass is 79.9. The molecule has 1 heterocycles. The van der Waals surface area contributed by atoms with Crippen molar-refractivity contribution < 1.29 is 5.48 Å². The summed E-state index contributed by atoms with van der Waals surface area (Å²) in [6.45, 7) is 1.96. The molecule has 0 fully saturated rings. The van der Waals surface area contributed by atoms with E-state index in [2.05, 4.69) is 72.8 Å². The zero-order valence-electron chi connectivity index (χ0n) is 15.7. The van der Waals surface area contributed by atoms with Crippen LogP contribution in [-0.2, 0) is 12.8 Å². The van der Waals surface area contributed by atoms with E-state index < -0.39 is 0 Å². The topological polar surface area (TPSA) is 59.7 Å². The lowest BCUT2D eigenvalue weighted by Gasteiger charge is -2.24. The number of aromatic nitrogens is 1. The molecule has 0 amide bonds. The summed E-state index contributed by atoms with van der Waals surface area (Å²) in [7, 11) is 4.22. The molecule has 1 aliphatic carbocycles. The van der Waals surface area contributed by atoms with Crippen LogP contribution in [0.4, 0.5) is 5.69 Å². The van der Waals surface area contributed by atoms with E-state index in [1.54, 1.807) is 0 Å². The summed E-state index contributed by atoms with van der Waals surface area (Å²) in [5, 5.41) is 4.93. The number of likely N-dealkylation sites (N-methyl/N-ethyl adjacent to an activating group) is 1. The molecule has 3 N–H and O–H groups in total. The number of rotatable bonds is 4.